The van der Waals surface area contributed by atoms with E-state index in [9.17, 15) is 29.1 Å². The molecule has 2 aliphatic heterocycles. The van der Waals surface area contributed by atoms with Crippen LogP contribution >= 0.6 is 0 Å². The number of rotatable bonds is 10. The van der Waals surface area contributed by atoms with E-state index in [4.69, 9.17) is 4.74 Å². The molecule has 4 atom stereocenters. The van der Waals surface area contributed by atoms with E-state index in [0.717, 1.165) is 52.1 Å². The second kappa shape index (κ2) is 15.3. The Bertz CT molecular complexity index is 2190. The minimum Gasteiger partial charge on any atom is -0.465 e. The molecule has 15 nitrogen and oxygen atoms in total. The van der Waals surface area contributed by atoms with E-state index in [0.29, 0.717) is 48.0 Å². The van der Waals surface area contributed by atoms with Gasteiger partial charge in [-0.05, 0) is 60.8 Å². The SMILES string of the molecule is COC(=O)N[C@H](C(=O)N1CCCC1c1ncc(-c2ccc3c(c2)C(=O)c2cc(-c4cnc([C@@H]5CCCN5C(=O)[C@H](C(C)C)N(C)C(=O)O)[nH]4)ccc2-3)[nH]1)C(C)C. The number of hydrogen-bond donors (Lipinski definition) is 4. The molecular weight excluding hydrogens is 716 g/mol. The molecule has 4 aromatic rings. The van der Waals surface area contributed by atoms with Gasteiger partial charge < -0.3 is 34.9 Å². The summed E-state index contributed by atoms with van der Waals surface area (Å²) in [5.41, 5.74) is 5.82. The molecule has 56 heavy (non-hydrogen) atoms. The van der Waals surface area contributed by atoms with Crippen LogP contribution in [0, 0.1) is 11.8 Å². The van der Waals surface area contributed by atoms with Crippen molar-refractivity contribution < 1.29 is 33.8 Å². The minimum absolute atomic E-state index is 0.0987. The first-order valence-electron chi connectivity index (χ1n) is 19.1. The fourth-order valence-electron chi connectivity index (χ4n) is 8.41. The van der Waals surface area contributed by atoms with E-state index in [2.05, 4.69) is 25.3 Å². The van der Waals surface area contributed by atoms with E-state index in [1.54, 1.807) is 22.2 Å². The number of fused-ring (bicyclic) bond motifs is 3. The average molecular weight is 765 g/mol. The van der Waals surface area contributed by atoms with Crippen molar-refractivity contribution in [3.63, 3.8) is 0 Å². The molecule has 2 fully saturated rings. The molecule has 2 aromatic carbocycles. The predicted octanol–water partition coefficient (Wildman–Crippen LogP) is 6.02. The number of carboxylic acid groups (broad SMARTS) is 1. The van der Waals surface area contributed by atoms with Gasteiger partial charge in [-0.1, -0.05) is 52.0 Å². The van der Waals surface area contributed by atoms with Crippen molar-refractivity contribution in [3.05, 3.63) is 71.6 Å². The summed E-state index contributed by atoms with van der Waals surface area (Å²) in [5, 5.41) is 12.3. The van der Waals surface area contributed by atoms with E-state index in [-0.39, 0.29) is 41.5 Å². The molecule has 2 aromatic heterocycles. The Morgan fingerprint density at radius 2 is 1.30 bits per heavy atom. The number of aromatic amines is 2. The largest absolute Gasteiger partial charge is 0.465 e. The first kappa shape index (κ1) is 38.3. The summed E-state index contributed by atoms with van der Waals surface area (Å²) in [5.74, 6) is 0.384. The van der Waals surface area contributed by atoms with Crippen LogP contribution in [0.4, 0.5) is 9.59 Å². The molecule has 0 spiro atoms. The van der Waals surface area contributed by atoms with Crippen LogP contribution in [0.5, 0.6) is 0 Å². The highest BCUT2D eigenvalue weighted by molar-refractivity contribution is 6.22. The molecule has 1 unspecified atom stereocenters. The maximum absolute atomic E-state index is 13.9. The Balaban J connectivity index is 1.08. The van der Waals surface area contributed by atoms with Crippen LogP contribution in [0.1, 0.15) is 93.0 Å². The van der Waals surface area contributed by atoms with Crippen LogP contribution in [-0.2, 0) is 14.3 Å². The third-order valence-corrected chi connectivity index (χ3v) is 11.3. The Kier molecular flexibility index (Phi) is 10.4. The lowest BCUT2D eigenvalue weighted by atomic mass is 10.0. The normalized spacial score (nSPS) is 18.6. The van der Waals surface area contributed by atoms with Gasteiger partial charge in [-0.3, -0.25) is 19.3 Å². The topological polar surface area (TPSA) is 194 Å². The molecule has 4 amide bonds. The standard InChI is InChI=1S/C41H48N8O7/c1-21(2)33(46-40(53)56-6)38(51)48-15-7-9-31(48)36-42-19-29(44-36)23-11-13-25-26-14-12-24(18-28(26)35(50)27(25)17-23)30-20-43-37(45-30)32-10-8-16-49(32)39(52)34(22(3)4)47(5)41(54)55/h11-14,17-22,31-34H,7-10,15-16H2,1-6H3,(H,42,44)(H,43,45)(H,46,53)(H,54,55)/t31?,32-,33-,34-/m0/s1. The van der Waals surface area contributed by atoms with Gasteiger partial charge in [0.05, 0.1) is 43.0 Å². The number of alkyl carbamates (subject to hydrolysis) is 1. The smallest absolute Gasteiger partial charge is 0.407 e. The van der Waals surface area contributed by atoms with Crippen LogP contribution in [0.25, 0.3) is 33.6 Å². The number of nitrogens with one attached hydrogen (secondary N) is 3. The maximum Gasteiger partial charge on any atom is 0.407 e. The van der Waals surface area contributed by atoms with E-state index in [1.807, 2.05) is 64.1 Å². The van der Waals surface area contributed by atoms with Crippen LogP contribution in [0.2, 0.25) is 0 Å². The van der Waals surface area contributed by atoms with Crippen molar-refractivity contribution in [2.24, 2.45) is 11.8 Å². The van der Waals surface area contributed by atoms with E-state index >= 15 is 0 Å². The summed E-state index contributed by atoms with van der Waals surface area (Å²) in [6.07, 6.45) is 4.61. The van der Waals surface area contributed by atoms with Crippen LogP contribution in [0.15, 0.2) is 48.8 Å². The lowest BCUT2D eigenvalue weighted by Crippen LogP contribution is -2.51. The molecule has 0 saturated carbocycles. The van der Waals surface area contributed by atoms with Gasteiger partial charge in [0.15, 0.2) is 5.78 Å². The van der Waals surface area contributed by atoms with Crippen LogP contribution in [0.3, 0.4) is 0 Å². The number of aromatic nitrogens is 4. The molecule has 4 heterocycles. The Labute approximate surface area is 324 Å². The lowest BCUT2D eigenvalue weighted by molar-refractivity contribution is -0.138. The number of likely N-dealkylation sites (tertiary alicyclic amines) is 2. The van der Waals surface area contributed by atoms with Gasteiger partial charge in [0.1, 0.15) is 23.7 Å². The number of carbonyl (C=O) groups excluding carboxylic acids is 4. The second-order valence-electron chi connectivity index (χ2n) is 15.5. The summed E-state index contributed by atoms with van der Waals surface area (Å²) < 4.78 is 4.75. The Morgan fingerprint density at radius 3 is 1.75 bits per heavy atom. The fraction of sp³-hybridized carbons (Fsp3) is 0.439. The summed E-state index contributed by atoms with van der Waals surface area (Å²) in [6, 6.07) is 9.36. The number of amides is 4. The van der Waals surface area contributed by atoms with Crippen LogP contribution < -0.4 is 5.32 Å². The average Bonchev–Trinajstić information content (AvgIpc) is 4.03. The van der Waals surface area contributed by atoms with Crippen molar-refractivity contribution in [2.75, 3.05) is 27.2 Å². The highest BCUT2D eigenvalue weighted by atomic mass is 16.5. The molecule has 0 bridgehead atoms. The van der Waals surface area contributed by atoms with Gasteiger partial charge in [-0.2, -0.15) is 0 Å². The third-order valence-electron chi connectivity index (χ3n) is 11.3. The summed E-state index contributed by atoms with van der Waals surface area (Å²) in [7, 11) is 2.70. The van der Waals surface area contributed by atoms with Crippen molar-refractivity contribution in [1.29, 1.82) is 0 Å². The molecule has 4 N–H and O–H groups in total. The molecule has 2 saturated heterocycles. The number of imidazole rings is 2. The number of likely N-dealkylation sites (N-methyl/N-ethyl adjacent to an activating group) is 1. The van der Waals surface area contributed by atoms with Crippen molar-refractivity contribution in [3.8, 4) is 33.6 Å². The minimum atomic E-state index is -1.15. The summed E-state index contributed by atoms with van der Waals surface area (Å²) in [4.78, 5) is 85.6. The number of H-pyrrole nitrogens is 2. The number of carbonyl (C=O) groups is 5. The molecule has 1 aliphatic carbocycles. The molecule has 294 valence electrons. The molecule has 0 radical (unpaired) electrons. The number of methoxy groups -OCH3 is 1. The van der Waals surface area contributed by atoms with Crippen LogP contribution in [-0.4, -0.2) is 109 Å². The summed E-state index contributed by atoms with van der Waals surface area (Å²) in [6.45, 7) is 8.49. The Morgan fingerprint density at radius 1 is 0.804 bits per heavy atom. The molecule has 3 aliphatic rings. The van der Waals surface area contributed by atoms with Gasteiger partial charge in [0.2, 0.25) is 11.8 Å². The number of hydrogen-bond acceptors (Lipinski definition) is 8. The van der Waals surface area contributed by atoms with Crippen molar-refractivity contribution in [2.45, 2.75) is 77.5 Å². The number of benzene rings is 2. The van der Waals surface area contributed by atoms with E-state index < -0.39 is 24.3 Å². The van der Waals surface area contributed by atoms with Crippen molar-refractivity contribution in [1.82, 2.24) is 40.0 Å². The predicted molar refractivity (Wildman–Crippen MR) is 206 cm³/mol. The maximum atomic E-state index is 13.9. The summed E-state index contributed by atoms with van der Waals surface area (Å²) >= 11 is 0. The van der Waals surface area contributed by atoms with Gasteiger partial charge in [0, 0.05) is 42.4 Å². The number of nitrogens with zero attached hydrogens (tertiary/aromatic N) is 5. The highest BCUT2D eigenvalue weighted by Gasteiger charge is 2.40. The zero-order valence-corrected chi connectivity index (χ0v) is 32.5. The second-order valence-corrected chi connectivity index (χ2v) is 15.5. The van der Waals surface area contributed by atoms with Gasteiger partial charge >= 0.3 is 12.2 Å². The molecule has 7 rings (SSSR count). The molecular formula is C41H48N8O7. The third kappa shape index (κ3) is 6.90. The first-order valence-corrected chi connectivity index (χ1v) is 19.1. The zero-order chi connectivity index (χ0) is 40.0. The zero-order valence-electron chi connectivity index (χ0n) is 32.5. The van der Waals surface area contributed by atoms with Gasteiger partial charge in [-0.15, -0.1) is 0 Å². The molecule has 15 heteroatoms. The highest BCUT2D eigenvalue weighted by Crippen LogP contribution is 2.41. The van der Waals surface area contributed by atoms with E-state index in [1.165, 1.54) is 14.2 Å². The Hall–Kier alpha value is -5.99. The number of ether oxygens (including phenoxy) is 1. The lowest BCUT2D eigenvalue weighted by Gasteiger charge is -2.33. The first-order chi connectivity index (χ1) is 26.8. The van der Waals surface area contributed by atoms with Crippen molar-refractivity contribution >= 4 is 29.8 Å². The monoisotopic (exact) mass is 764 g/mol. The fourth-order valence-corrected chi connectivity index (χ4v) is 8.41. The number of ketones is 1. The quantitative estimate of drug-likeness (QED) is 0.132. The van der Waals surface area contributed by atoms with Gasteiger partial charge in [-0.25, -0.2) is 19.6 Å². The van der Waals surface area contributed by atoms with Gasteiger partial charge in [0.25, 0.3) is 0 Å².